The molecule has 0 aliphatic rings. The lowest BCUT2D eigenvalue weighted by Crippen LogP contribution is -2.30. The largest absolute Gasteiger partial charge is 0.477 e. The summed E-state index contributed by atoms with van der Waals surface area (Å²) in [6, 6.07) is 3.29. The number of nitrogen functional groups attached to an aromatic ring is 1. The Balaban J connectivity index is 2.74. The van der Waals surface area contributed by atoms with Crippen LogP contribution in [0.5, 0.6) is 5.75 Å². The molecule has 0 saturated carbocycles. The second-order valence-corrected chi connectivity index (χ2v) is 2.55. The molecule has 4 N–H and O–H groups in total. The molecular formula is C8H11N3O2. The molecule has 1 unspecified atom stereocenters. The first-order chi connectivity index (χ1) is 6.11. The van der Waals surface area contributed by atoms with Crippen LogP contribution in [-0.2, 0) is 4.79 Å². The molecule has 70 valence electrons. The van der Waals surface area contributed by atoms with E-state index < -0.39 is 12.0 Å². The predicted octanol–water partition coefficient (Wildman–Crippen LogP) is -0.0836. The predicted molar refractivity (Wildman–Crippen MR) is 47.9 cm³/mol. The number of carbonyl (C=O) groups excluding carboxylic acids is 1. The third-order valence-electron chi connectivity index (χ3n) is 1.50. The number of nitrogens with zero attached hydrogens (tertiary/aromatic N) is 1. The van der Waals surface area contributed by atoms with Gasteiger partial charge in [-0.25, -0.2) is 4.98 Å². The number of rotatable bonds is 3. The molecule has 1 amide bonds. The summed E-state index contributed by atoms with van der Waals surface area (Å²) >= 11 is 0. The molecule has 13 heavy (non-hydrogen) atoms. The maximum absolute atomic E-state index is 10.7. The van der Waals surface area contributed by atoms with Crippen LogP contribution in [0, 0.1) is 0 Å². The number of hydrogen-bond donors (Lipinski definition) is 2. The molecular weight excluding hydrogens is 170 g/mol. The van der Waals surface area contributed by atoms with Gasteiger partial charge in [0, 0.05) is 6.20 Å². The van der Waals surface area contributed by atoms with Gasteiger partial charge >= 0.3 is 0 Å². The first-order valence-electron chi connectivity index (χ1n) is 3.77. The summed E-state index contributed by atoms with van der Waals surface area (Å²) < 4.78 is 5.14. The Labute approximate surface area is 75.7 Å². The summed E-state index contributed by atoms with van der Waals surface area (Å²) in [7, 11) is 0. The Morgan fingerprint density at radius 2 is 2.38 bits per heavy atom. The summed E-state index contributed by atoms with van der Waals surface area (Å²) in [5.74, 6) is 0.0765. The van der Waals surface area contributed by atoms with Crippen molar-refractivity contribution in [1.29, 1.82) is 0 Å². The molecule has 0 spiro atoms. The topological polar surface area (TPSA) is 91.2 Å². The molecule has 0 bridgehead atoms. The van der Waals surface area contributed by atoms with Crippen molar-refractivity contribution in [3.8, 4) is 5.75 Å². The molecule has 0 aliphatic heterocycles. The Bertz CT molecular complexity index is 314. The molecule has 1 aromatic heterocycles. The highest BCUT2D eigenvalue weighted by Crippen LogP contribution is 2.18. The molecule has 5 heteroatoms. The van der Waals surface area contributed by atoms with Crippen LogP contribution in [-0.4, -0.2) is 17.0 Å². The quantitative estimate of drug-likeness (QED) is 0.682. The van der Waals surface area contributed by atoms with Crippen molar-refractivity contribution in [1.82, 2.24) is 4.98 Å². The molecule has 1 rings (SSSR count). The zero-order valence-corrected chi connectivity index (χ0v) is 7.23. The Morgan fingerprint density at radius 1 is 1.69 bits per heavy atom. The first-order valence-corrected chi connectivity index (χ1v) is 3.77. The monoisotopic (exact) mass is 181 g/mol. The molecule has 0 aromatic carbocycles. The molecule has 0 saturated heterocycles. The van der Waals surface area contributed by atoms with E-state index in [1.54, 1.807) is 19.1 Å². The third-order valence-corrected chi connectivity index (χ3v) is 1.50. The maximum atomic E-state index is 10.7. The summed E-state index contributed by atoms with van der Waals surface area (Å²) in [6.07, 6.45) is 0.837. The van der Waals surface area contributed by atoms with E-state index in [-0.39, 0.29) is 5.82 Å². The highest BCUT2D eigenvalue weighted by molar-refractivity contribution is 5.78. The first kappa shape index (κ1) is 9.31. The lowest BCUT2D eigenvalue weighted by atomic mass is 10.3. The number of amides is 1. The van der Waals surface area contributed by atoms with Crippen LogP contribution in [0.2, 0.25) is 0 Å². The molecule has 1 atom stereocenters. The maximum Gasteiger partial charge on any atom is 0.258 e. The van der Waals surface area contributed by atoms with Crippen molar-refractivity contribution in [3.05, 3.63) is 18.3 Å². The fraction of sp³-hybridized carbons (Fsp3) is 0.250. The fourth-order valence-electron chi connectivity index (χ4n) is 0.751. The van der Waals surface area contributed by atoms with Gasteiger partial charge in [-0.2, -0.15) is 0 Å². The average Bonchev–Trinajstić information content (AvgIpc) is 2.08. The summed E-state index contributed by atoms with van der Waals surface area (Å²) in [5, 5.41) is 0. The molecule has 5 nitrogen and oxygen atoms in total. The zero-order valence-electron chi connectivity index (χ0n) is 7.23. The number of ether oxygens (including phenoxy) is 1. The number of primary amides is 1. The molecule has 0 fully saturated rings. The van der Waals surface area contributed by atoms with E-state index in [0.29, 0.717) is 5.75 Å². The van der Waals surface area contributed by atoms with Crippen LogP contribution in [0.4, 0.5) is 5.82 Å². The van der Waals surface area contributed by atoms with Gasteiger partial charge in [0.25, 0.3) is 5.91 Å². The van der Waals surface area contributed by atoms with Gasteiger partial charge in [-0.15, -0.1) is 0 Å². The number of carbonyl (C=O) groups is 1. The summed E-state index contributed by atoms with van der Waals surface area (Å²) in [4.78, 5) is 14.4. The van der Waals surface area contributed by atoms with Gasteiger partial charge < -0.3 is 16.2 Å². The smallest absolute Gasteiger partial charge is 0.258 e. The Morgan fingerprint density at radius 3 is 2.92 bits per heavy atom. The fourth-order valence-corrected chi connectivity index (χ4v) is 0.751. The van der Waals surface area contributed by atoms with E-state index in [4.69, 9.17) is 16.2 Å². The van der Waals surface area contributed by atoms with E-state index in [1.807, 2.05) is 0 Å². The van der Waals surface area contributed by atoms with E-state index in [0.717, 1.165) is 0 Å². The van der Waals surface area contributed by atoms with Gasteiger partial charge in [0.1, 0.15) is 0 Å². The second-order valence-electron chi connectivity index (χ2n) is 2.55. The molecule has 0 radical (unpaired) electrons. The van der Waals surface area contributed by atoms with E-state index >= 15 is 0 Å². The Kier molecular flexibility index (Phi) is 2.69. The van der Waals surface area contributed by atoms with Crippen molar-refractivity contribution in [2.24, 2.45) is 5.73 Å². The van der Waals surface area contributed by atoms with Crippen molar-refractivity contribution in [2.45, 2.75) is 13.0 Å². The van der Waals surface area contributed by atoms with E-state index in [2.05, 4.69) is 4.98 Å². The van der Waals surface area contributed by atoms with Crippen molar-refractivity contribution in [3.63, 3.8) is 0 Å². The highest BCUT2D eigenvalue weighted by atomic mass is 16.5. The van der Waals surface area contributed by atoms with Crippen LogP contribution < -0.4 is 16.2 Å². The minimum Gasteiger partial charge on any atom is -0.477 e. The average molecular weight is 181 g/mol. The minimum absolute atomic E-state index is 0.246. The summed E-state index contributed by atoms with van der Waals surface area (Å²) in [5.41, 5.74) is 10.5. The number of hydrogen-bond acceptors (Lipinski definition) is 4. The van der Waals surface area contributed by atoms with Gasteiger partial charge in [-0.05, 0) is 19.1 Å². The zero-order chi connectivity index (χ0) is 9.84. The minimum atomic E-state index is -0.702. The third kappa shape index (κ3) is 2.33. The van der Waals surface area contributed by atoms with Gasteiger partial charge in [-0.1, -0.05) is 0 Å². The Hall–Kier alpha value is -1.78. The molecule has 0 aliphatic carbocycles. The van der Waals surface area contributed by atoms with Gasteiger partial charge in [0.2, 0.25) is 0 Å². The van der Waals surface area contributed by atoms with Gasteiger partial charge in [-0.3, -0.25) is 4.79 Å². The van der Waals surface area contributed by atoms with Crippen LogP contribution >= 0.6 is 0 Å². The number of nitrogens with two attached hydrogens (primary N) is 2. The van der Waals surface area contributed by atoms with Crippen LogP contribution in [0.3, 0.4) is 0 Å². The molecule has 1 aromatic rings. The standard InChI is InChI=1S/C8H11N3O2/c1-5(8(10)12)13-6-3-2-4-11-7(6)9/h2-5H,1H3,(H2,9,11)(H2,10,12). The second kappa shape index (κ2) is 3.75. The van der Waals surface area contributed by atoms with Gasteiger partial charge in [0.15, 0.2) is 17.7 Å². The van der Waals surface area contributed by atoms with Crippen LogP contribution in [0.1, 0.15) is 6.92 Å². The highest BCUT2D eigenvalue weighted by Gasteiger charge is 2.11. The lowest BCUT2D eigenvalue weighted by molar-refractivity contribution is -0.123. The van der Waals surface area contributed by atoms with E-state index in [9.17, 15) is 4.79 Å². The van der Waals surface area contributed by atoms with Crippen LogP contribution in [0.25, 0.3) is 0 Å². The van der Waals surface area contributed by atoms with Crippen molar-refractivity contribution >= 4 is 11.7 Å². The SMILES string of the molecule is CC(Oc1cccnc1N)C(N)=O. The van der Waals surface area contributed by atoms with Crippen LogP contribution in [0.15, 0.2) is 18.3 Å². The van der Waals surface area contributed by atoms with Crippen molar-refractivity contribution < 1.29 is 9.53 Å². The molecule has 1 heterocycles. The number of pyridine rings is 1. The number of aromatic nitrogens is 1. The summed E-state index contributed by atoms with van der Waals surface area (Å²) in [6.45, 7) is 1.55. The normalized spacial score (nSPS) is 12.1. The van der Waals surface area contributed by atoms with Crippen molar-refractivity contribution in [2.75, 3.05) is 5.73 Å². The van der Waals surface area contributed by atoms with Gasteiger partial charge in [0.05, 0.1) is 0 Å². The van der Waals surface area contributed by atoms with E-state index in [1.165, 1.54) is 6.20 Å². The lowest BCUT2D eigenvalue weighted by Gasteiger charge is -2.11. The number of anilines is 1.